The normalized spacial score (nSPS) is 20.3. The number of anilines is 1. The lowest BCUT2D eigenvalue weighted by molar-refractivity contribution is 0.0600. The van der Waals surface area contributed by atoms with E-state index in [4.69, 9.17) is 4.74 Å². The first-order chi connectivity index (χ1) is 12.9. The van der Waals surface area contributed by atoms with Gasteiger partial charge < -0.3 is 15.0 Å². The van der Waals surface area contributed by atoms with Crippen LogP contribution in [-0.2, 0) is 11.8 Å². The molecule has 2 heterocycles. The molecule has 1 aliphatic rings. The van der Waals surface area contributed by atoms with Gasteiger partial charge >= 0.3 is 5.97 Å². The van der Waals surface area contributed by atoms with Crippen molar-refractivity contribution >= 4 is 27.6 Å². The second-order valence-corrected chi connectivity index (χ2v) is 7.70. The molecule has 8 heteroatoms. The fraction of sp³-hybridized carbons (Fsp3) is 0.421. The number of esters is 1. The maximum absolute atomic E-state index is 12.1. The van der Waals surface area contributed by atoms with E-state index in [1.165, 1.54) is 17.4 Å². The Morgan fingerprint density at radius 3 is 2.63 bits per heavy atom. The Labute approximate surface area is 166 Å². The van der Waals surface area contributed by atoms with Gasteiger partial charge in [0.15, 0.2) is 0 Å². The molecule has 0 unspecified atom stereocenters. The number of halogens is 1. The maximum atomic E-state index is 12.1. The number of hydrogen-bond acceptors (Lipinski definition) is 6. The molecule has 0 spiro atoms. The van der Waals surface area contributed by atoms with Gasteiger partial charge in [0.2, 0.25) is 0 Å². The number of piperidine rings is 1. The zero-order chi connectivity index (χ0) is 19.6. The molecule has 0 radical (unpaired) electrons. The summed E-state index contributed by atoms with van der Waals surface area (Å²) in [6.45, 7) is 1.81. The number of rotatable bonds is 4. The molecule has 1 aliphatic heterocycles. The highest BCUT2D eigenvalue weighted by Gasteiger charge is 2.27. The molecule has 0 aliphatic carbocycles. The van der Waals surface area contributed by atoms with Crippen molar-refractivity contribution in [2.24, 2.45) is 7.05 Å². The summed E-state index contributed by atoms with van der Waals surface area (Å²) in [6, 6.07) is 7.77. The minimum atomic E-state index is -0.329. The molecule has 2 aromatic rings. The Morgan fingerprint density at radius 1 is 1.26 bits per heavy atom. The zero-order valence-electron chi connectivity index (χ0n) is 15.6. The van der Waals surface area contributed by atoms with Gasteiger partial charge in [0, 0.05) is 26.2 Å². The quantitative estimate of drug-likeness (QED) is 0.743. The van der Waals surface area contributed by atoms with Crippen LogP contribution in [0.4, 0.5) is 5.69 Å². The van der Waals surface area contributed by atoms with Gasteiger partial charge in [-0.1, -0.05) is 12.1 Å². The Morgan fingerprint density at radius 2 is 1.96 bits per heavy atom. The highest BCUT2D eigenvalue weighted by molar-refractivity contribution is 9.10. The van der Waals surface area contributed by atoms with Crippen molar-refractivity contribution in [1.29, 1.82) is 0 Å². The number of ether oxygens (including phenoxy) is 1. The second kappa shape index (κ2) is 8.22. The molecule has 0 amide bonds. The van der Waals surface area contributed by atoms with Gasteiger partial charge in [-0.15, -0.1) is 0 Å². The molecule has 144 valence electrons. The van der Waals surface area contributed by atoms with E-state index in [2.05, 4.69) is 38.3 Å². The molecule has 0 bridgehead atoms. The lowest BCUT2D eigenvalue weighted by atomic mass is 9.88. The molecule has 2 atom stereocenters. The largest absolute Gasteiger partial charge is 0.465 e. The van der Waals surface area contributed by atoms with Crippen LogP contribution in [0.5, 0.6) is 0 Å². The molecule has 1 fully saturated rings. The Kier molecular flexibility index (Phi) is 5.96. The molecular weight excluding hydrogens is 412 g/mol. The van der Waals surface area contributed by atoms with Crippen molar-refractivity contribution < 1.29 is 9.53 Å². The number of benzene rings is 1. The van der Waals surface area contributed by atoms with Gasteiger partial charge in [-0.2, -0.15) is 5.10 Å². The van der Waals surface area contributed by atoms with Crippen molar-refractivity contribution in [3.63, 3.8) is 0 Å². The third kappa shape index (κ3) is 4.39. The first-order valence-corrected chi connectivity index (χ1v) is 9.53. The summed E-state index contributed by atoms with van der Waals surface area (Å²) in [7, 11) is 5.09. The lowest BCUT2D eigenvalue weighted by Gasteiger charge is -2.36. The highest BCUT2D eigenvalue weighted by atomic mass is 79.9. The standard InChI is InChI=1S/C19H23BrN4O3/c1-23-10-14(12-4-6-13(7-5-12)19(26)27-3)8-15(11-23)22-16-9-21-24(2)18(25)17(16)20/h4-7,9,14-15,22H,8,10-11H2,1-3H3/t14-,15+/m1/s1. The van der Waals surface area contributed by atoms with E-state index in [0.717, 1.165) is 19.5 Å². The molecule has 1 N–H and O–H groups in total. The van der Waals surface area contributed by atoms with Gasteiger partial charge in [0.05, 0.1) is 24.6 Å². The molecule has 7 nitrogen and oxygen atoms in total. The summed E-state index contributed by atoms with van der Waals surface area (Å²) in [4.78, 5) is 25.9. The van der Waals surface area contributed by atoms with Gasteiger partial charge in [0.1, 0.15) is 4.47 Å². The van der Waals surface area contributed by atoms with E-state index in [1.54, 1.807) is 25.4 Å². The summed E-state index contributed by atoms with van der Waals surface area (Å²) in [5, 5.41) is 7.54. The second-order valence-electron chi connectivity index (χ2n) is 6.91. The number of hydrogen-bond donors (Lipinski definition) is 1. The zero-order valence-corrected chi connectivity index (χ0v) is 17.2. The first-order valence-electron chi connectivity index (χ1n) is 8.74. The smallest absolute Gasteiger partial charge is 0.337 e. The number of carbonyl (C=O) groups is 1. The van der Waals surface area contributed by atoms with Gasteiger partial charge in [-0.05, 0) is 53.0 Å². The van der Waals surface area contributed by atoms with Crippen LogP contribution in [0, 0.1) is 0 Å². The van der Waals surface area contributed by atoms with E-state index in [9.17, 15) is 9.59 Å². The molecule has 1 aromatic heterocycles. The van der Waals surface area contributed by atoms with Crippen LogP contribution in [0.15, 0.2) is 39.7 Å². The average molecular weight is 435 g/mol. The monoisotopic (exact) mass is 434 g/mol. The molecule has 27 heavy (non-hydrogen) atoms. The van der Waals surface area contributed by atoms with Crippen LogP contribution in [0.3, 0.4) is 0 Å². The van der Waals surface area contributed by atoms with E-state index in [1.807, 2.05) is 12.1 Å². The predicted molar refractivity (Wildman–Crippen MR) is 107 cm³/mol. The number of likely N-dealkylation sites (N-methyl/N-ethyl adjacent to an activating group) is 1. The third-order valence-corrected chi connectivity index (χ3v) is 5.64. The Bertz CT molecular complexity index is 882. The van der Waals surface area contributed by atoms with Crippen LogP contribution >= 0.6 is 15.9 Å². The van der Waals surface area contributed by atoms with Crippen molar-refractivity contribution in [1.82, 2.24) is 14.7 Å². The van der Waals surface area contributed by atoms with Crippen molar-refractivity contribution in [3.8, 4) is 0 Å². The molecule has 1 saturated heterocycles. The van der Waals surface area contributed by atoms with E-state index in [0.29, 0.717) is 21.6 Å². The van der Waals surface area contributed by atoms with Crippen LogP contribution in [0.2, 0.25) is 0 Å². The predicted octanol–water partition coefficient (Wildman–Crippen LogP) is 2.23. The number of nitrogens with one attached hydrogen (secondary N) is 1. The van der Waals surface area contributed by atoms with Crippen LogP contribution in [0.1, 0.15) is 28.3 Å². The summed E-state index contributed by atoms with van der Waals surface area (Å²) in [5.74, 6) is -0.00362. The van der Waals surface area contributed by atoms with Gasteiger partial charge in [-0.25, -0.2) is 9.48 Å². The molecule has 3 rings (SSSR count). The Hall–Kier alpha value is -2.19. The molecule has 1 aromatic carbocycles. The van der Waals surface area contributed by atoms with Gasteiger partial charge in [0.25, 0.3) is 5.56 Å². The average Bonchev–Trinajstić information content (AvgIpc) is 2.67. The number of aryl methyl sites for hydroxylation is 1. The number of methoxy groups -OCH3 is 1. The topological polar surface area (TPSA) is 76.5 Å². The number of carbonyl (C=O) groups excluding carboxylic acids is 1. The SMILES string of the molecule is COC(=O)c1ccc([C@@H]2C[C@H](Nc3cnn(C)c(=O)c3Br)CN(C)C2)cc1. The summed E-state index contributed by atoms with van der Waals surface area (Å²) >= 11 is 3.37. The minimum absolute atomic E-state index is 0.167. The van der Waals surface area contributed by atoms with Crippen molar-refractivity contribution in [3.05, 3.63) is 56.4 Å². The van der Waals surface area contributed by atoms with Crippen LogP contribution in [0.25, 0.3) is 0 Å². The lowest BCUT2D eigenvalue weighted by Crippen LogP contribution is -2.43. The van der Waals surface area contributed by atoms with Gasteiger partial charge in [-0.3, -0.25) is 4.79 Å². The summed E-state index contributed by atoms with van der Waals surface area (Å²) < 4.78 is 6.55. The minimum Gasteiger partial charge on any atom is -0.465 e. The fourth-order valence-electron chi connectivity index (χ4n) is 3.51. The third-order valence-electron chi connectivity index (χ3n) is 4.87. The van der Waals surface area contributed by atoms with Crippen molar-refractivity contribution in [2.45, 2.75) is 18.4 Å². The number of nitrogens with zero attached hydrogens (tertiary/aromatic N) is 3. The maximum Gasteiger partial charge on any atom is 0.337 e. The fourth-order valence-corrected chi connectivity index (χ4v) is 3.98. The van der Waals surface area contributed by atoms with Crippen LogP contribution < -0.4 is 10.9 Å². The van der Waals surface area contributed by atoms with E-state index >= 15 is 0 Å². The van der Waals surface area contributed by atoms with Crippen LogP contribution in [-0.4, -0.2) is 53.9 Å². The molecular formula is C19H23BrN4O3. The Balaban J connectivity index is 1.75. The van der Waals surface area contributed by atoms with E-state index in [-0.39, 0.29) is 17.6 Å². The summed E-state index contributed by atoms with van der Waals surface area (Å²) in [6.07, 6.45) is 2.59. The number of aromatic nitrogens is 2. The molecule has 0 saturated carbocycles. The summed E-state index contributed by atoms with van der Waals surface area (Å²) in [5.41, 5.74) is 2.27. The van der Waals surface area contributed by atoms with E-state index < -0.39 is 0 Å². The first kappa shape index (κ1) is 19.6. The highest BCUT2D eigenvalue weighted by Crippen LogP contribution is 2.29. The van der Waals surface area contributed by atoms with Crippen molar-refractivity contribution in [2.75, 3.05) is 32.6 Å². The number of likely N-dealkylation sites (tertiary alicyclic amines) is 1.